The number of pyridine rings is 1. The van der Waals surface area contributed by atoms with Gasteiger partial charge in [-0.15, -0.1) is 0 Å². The van der Waals surface area contributed by atoms with Gasteiger partial charge < -0.3 is 20.1 Å². The quantitative estimate of drug-likeness (QED) is 0.651. The number of benzene rings is 2. The predicted octanol–water partition coefficient (Wildman–Crippen LogP) is 4.71. The SMILES string of the molecule is COc1ccc(OC)c(Nc2cc(C(=O)Nc3cccc(C)c3C)ccn2)c1. The standard InChI is InChI=1S/C22H23N3O3/c1-14-6-5-7-18(15(14)2)25-22(26)16-10-11-23-21(12-16)24-19-13-17(27-3)8-9-20(19)28-4/h5-13H,1-4H3,(H,23,24)(H,25,26). The molecule has 0 aliphatic carbocycles. The zero-order chi connectivity index (χ0) is 20.1. The van der Waals surface area contributed by atoms with E-state index in [1.807, 2.05) is 44.2 Å². The maximum atomic E-state index is 12.7. The Hall–Kier alpha value is -3.54. The van der Waals surface area contributed by atoms with E-state index in [-0.39, 0.29) is 5.91 Å². The number of rotatable bonds is 6. The molecule has 0 spiro atoms. The van der Waals surface area contributed by atoms with Gasteiger partial charge >= 0.3 is 0 Å². The first-order chi connectivity index (χ1) is 13.5. The Morgan fingerprint density at radius 1 is 0.964 bits per heavy atom. The normalized spacial score (nSPS) is 10.3. The van der Waals surface area contributed by atoms with Gasteiger partial charge in [-0.2, -0.15) is 0 Å². The molecule has 0 saturated heterocycles. The van der Waals surface area contributed by atoms with Gasteiger partial charge in [-0.05, 0) is 55.3 Å². The van der Waals surface area contributed by atoms with Crippen LogP contribution in [0.4, 0.5) is 17.2 Å². The van der Waals surface area contributed by atoms with Crippen molar-refractivity contribution in [1.82, 2.24) is 4.98 Å². The number of nitrogens with zero attached hydrogens (tertiary/aromatic N) is 1. The fraction of sp³-hybridized carbons (Fsp3) is 0.182. The summed E-state index contributed by atoms with van der Waals surface area (Å²) in [5.41, 5.74) is 4.16. The molecule has 0 saturated carbocycles. The number of ether oxygens (including phenoxy) is 2. The molecular formula is C22H23N3O3. The second-order valence-corrected chi connectivity index (χ2v) is 6.32. The fourth-order valence-electron chi connectivity index (χ4n) is 2.77. The lowest BCUT2D eigenvalue weighted by Gasteiger charge is -2.13. The van der Waals surface area contributed by atoms with Crippen LogP contribution in [0, 0.1) is 13.8 Å². The summed E-state index contributed by atoms with van der Waals surface area (Å²) in [4.78, 5) is 17.0. The third kappa shape index (κ3) is 4.23. The molecule has 1 amide bonds. The first-order valence-electron chi connectivity index (χ1n) is 8.84. The van der Waals surface area contributed by atoms with E-state index < -0.39 is 0 Å². The van der Waals surface area contributed by atoms with Gasteiger partial charge in [0.25, 0.3) is 5.91 Å². The monoisotopic (exact) mass is 377 g/mol. The van der Waals surface area contributed by atoms with Crippen LogP contribution in [0.2, 0.25) is 0 Å². The minimum absolute atomic E-state index is 0.197. The van der Waals surface area contributed by atoms with Crippen molar-refractivity contribution in [2.75, 3.05) is 24.9 Å². The van der Waals surface area contributed by atoms with E-state index >= 15 is 0 Å². The summed E-state index contributed by atoms with van der Waals surface area (Å²) >= 11 is 0. The number of aromatic nitrogens is 1. The number of anilines is 3. The van der Waals surface area contributed by atoms with Gasteiger partial charge in [0.05, 0.1) is 19.9 Å². The Kier molecular flexibility index (Phi) is 5.79. The van der Waals surface area contributed by atoms with Gasteiger partial charge in [-0.25, -0.2) is 4.98 Å². The molecule has 0 unspecified atom stereocenters. The summed E-state index contributed by atoms with van der Waals surface area (Å²) in [5, 5.41) is 6.14. The van der Waals surface area contributed by atoms with Crippen molar-refractivity contribution in [2.24, 2.45) is 0 Å². The fourth-order valence-corrected chi connectivity index (χ4v) is 2.77. The Morgan fingerprint density at radius 3 is 2.54 bits per heavy atom. The van der Waals surface area contributed by atoms with E-state index in [1.54, 1.807) is 38.6 Å². The molecule has 1 aromatic heterocycles. The molecule has 3 rings (SSSR count). The number of carbonyl (C=O) groups excluding carboxylic acids is 1. The zero-order valence-corrected chi connectivity index (χ0v) is 16.4. The van der Waals surface area contributed by atoms with Crippen molar-refractivity contribution in [3.63, 3.8) is 0 Å². The molecule has 0 aliphatic heterocycles. The maximum Gasteiger partial charge on any atom is 0.255 e. The predicted molar refractivity (Wildman–Crippen MR) is 111 cm³/mol. The highest BCUT2D eigenvalue weighted by molar-refractivity contribution is 6.05. The number of methoxy groups -OCH3 is 2. The van der Waals surface area contributed by atoms with E-state index in [2.05, 4.69) is 15.6 Å². The molecule has 6 nitrogen and oxygen atoms in total. The number of hydrogen-bond donors (Lipinski definition) is 2. The lowest BCUT2D eigenvalue weighted by Crippen LogP contribution is -2.13. The van der Waals surface area contributed by atoms with Crippen LogP contribution < -0.4 is 20.1 Å². The van der Waals surface area contributed by atoms with E-state index in [1.165, 1.54) is 0 Å². The lowest BCUT2D eigenvalue weighted by atomic mass is 10.1. The van der Waals surface area contributed by atoms with E-state index in [9.17, 15) is 4.79 Å². The third-order valence-corrected chi connectivity index (χ3v) is 4.54. The van der Waals surface area contributed by atoms with Crippen LogP contribution in [0.5, 0.6) is 11.5 Å². The lowest BCUT2D eigenvalue weighted by molar-refractivity contribution is 0.102. The van der Waals surface area contributed by atoms with Gasteiger partial charge in [0.2, 0.25) is 0 Å². The molecule has 0 bridgehead atoms. The van der Waals surface area contributed by atoms with Crippen LogP contribution in [-0.2, 0) is 0 Å². The number of aryl methyl sites for hydroxylation is 1. The molecule has 28 heavy (non-hydrogen) atoms. The number of carbonyl (C=O) groups is 1. The summed E-state index contributed by atoms with van der Waals surface area (Å²) in [6.07, 6.45) is 1.59. The van der Waals surface area contributed by atoms with Crippen molar-refractivity contribution in [3.05, 3.63) is 71.4 Å². The van der Waals surface area contributed by atoms with Crippen molar-refractivity contribution in [2.45, 2.75) is 13.8 Å². The van der Waals surface area contributed by atoms with E-state index in [4.69, 9.17) is 9.47 Å². The third-order valence-electron chi connectivity index (χ3n) is 4.54. The molecule has 0 atom stereocenters. The zero-order valence-electron chi connectivity index (χ0n) is 16.4. The second-order valence-electron chi connectivity index (χ2n) is 6.32. The second kappa shape index (κ2) is 8.43. The van der Waals surface area contributed by atoms with Crippen molar-refractivity contribution in [3.8, 4) is 11.5 Å². The van der Waals surface area contributed by atoms with Gasteiger partial charge in [0, 0.05) is 23.5 Å². The Morgan fingerprint density at radius 2 is 1.79 bits per heavy atom. The first kappa shape index (κ1) is 19.2. The molecule has 1 heterocycles. The summed E-state index contributed by atoms with van der Waals surface area (Å²) in [5.74, 6) is 1.66. The Bertz CT molecular complexity index is 1000. The Balaban J connectivity index is 1.82. The molecule has 2 aromatic carbocycles. The van der Waals surface area contributed by atoms with Gasteiger partial charge in [-0.3, -0.25) is 4.79 Å². The van der Waals surface area contributed by atoms with Crippen molar-refractivity contribution in [1.29, 1.82) is 0 Å². The van der Waals surface area contributed by atoms with E-state index in [0.29, 0.717) is 28.6 Å². The van der Waals surface area contributed by atoms with Crippen molar-refractivity contribution >= 4 is 23.1 Å². The summed E-state index contributed by atoms with van der Waals surface area (Å²) in [7, 11) is 3.19. The van der Waals surface area contributed by atoms with Crippen LogP contribution >= 0.6 is 0 Å². The molecule has 0 aliphatic rings. The molecule has 3 aromatic rings. The molecule has 144 valence electrons. The summed E-state index contributed by atoms with van der Waals surface area (Å²) in [6.45, 7) is 4.00. The van der Waals surface area contributed by atoms with Crippen LogP contribution in [0.3, 0.4) is 0 Å². The highest BCUT2D eigenvalue weighted by Crippen LogP contribution is 2.31. The summed E-state index contributed by atoms with van der Waals surface area (Å²) < 4.78 is 10.6. The van der Waals surface area contributed by atoms with Crippen LogP contribution in [0.1, 0.15) is 21.5 Å². The minimum Gasteiger partial charge on any atom is -0.497 e. The first-order valence-corrected chi connectivity index (χ1v) is 8.84. The maximum absolute atomic E-state index is 12.7. The Labute approximate surface area is 164 Å². The number of nitrogens with one attached hydrogen (secondary N) is 2. The highest BCUT2D eigenvalue weighted by atomic mass is 16.5. The highest BCUT2D eigenvalue weighted by Gasteiger charge is 2.11. The molecule has 0 fully saturated rings. The number of amides is 1. The van der Waals surface area contributed by atoms with Gasteiger partial charge in [-0.1, -0.05) is 12.1 Å². The van der Waals surface area contributed by atoms with Crippen LogP contribution in [-0.4, -0.2) is 25.1 Å². The summed E-state index contributed by atoms with van der Waals surface area (Å²) in [6, 6.07) is 14.6. The topological polar surface area (TPSA) is 72.5 Å². The van der Waals surface area contributed by atoms with Gasteiger partial charge in [0.1, 0.15) is 17.3 Å². The average Bonchev–Trinajstić information content (AvgIpc) is 2.71. The average molecular weight is 377 g/mol. The van der Waals surface area contributed by atoms with E-state index in [0.717, 1.165) is 16.8 Å². The smallest absolute Gasteiger partial charge is 0.255 e. The molecule has 0 radical (unpaired) electrons. The molecule has 2 N–H and O–H groups in total. The van der Waals surface area contributed by atoms with Crippen molar-refractivity contribution < 1.29 is 14.3 Å². The van der Waals surface area contributed by atoms with Crippen LogP contribution in [0.15, 0.2) is 54.7 Å². The molecule has 6 heteroatoms. The number of hydrogen-bond acceptors (Lipinski definition) is 5. The van der Waals surface area contributed by atoms with Gasteiger partial charge in [0.15, 0.2) is 0 Å². The molecular weight excluding hydrogens is 354 g/mol. The largest absolute Gasteiger partial charge is 0.497 e. The van der Waals surface area contributed by atoms with Crippen LogP contribution in [0.25, 0.3) is 0 Å². The minimum atomic E-state index is -0.197.